The van der Waals surface area contributed by atoms with Crippen LogP contribution in [0.15, 0.2) is 24.4 Å². The molecule has 1 heterocycles. The van der Waals surface area contributed by atoms with E-state index in [2.05, 4.69) is 4.98 Å². The Kier molecular flexibility index (Phi) is 2.65. The van der Waals surface area contributed by atoms with E-state index in [4.69, 9.17) is 4.74 Å². The summed E-state index contributed by atoms with van der Waals surface area (Å²) in [4.78, 5) is 14.8. The molecule has 90 valence electrons. The number of hydrogen-bond donors (Lipinski definition) is 1. The summed E-state index contributed by atoms with van der Waals surface area (Å²) >= 11 is 0. The van der Waals surface area contributed by atoms with Gasteiger partial charge in [-0.3, -0.25) is 4.79 Å². The standard InChI is InChI=1S/C13H14FNO2/c1-13(2,12(16)17-3)10-7-15-11-5-4-8(14)6-9(10)11/h4-7,15H,1-3H3. The van der Waals surface area contributed by atoms with Crippen LogP contribution in [0.3, 0.4) is 0 Å². The van der Waals surface area contributed by atoms with Gasteiger partial charge in [0.1, 0.15) is 5.82 Å². The van der Waals surface area contributed by atoms with Crippen molar-refractivity contribution < 1.29 is 13.9 Å². The molecule has 0 aliphatic carbocycles. The Bertz CT molecular complexity index is 572. The van der Waals surface area contributed by atoms with Crippen LogP contribution >= 0.6 is 0 Å². The fraction of sp³-hybridized carbons (Fsp3) is 0.308. The zero-order valence-electron chi connectivity index (χ0n) is 10.0. The van der Waals surface area contributed by atoms with Gasteiger partial charge in [0.2, 0.25) is 0 Å². The molecule has 4 heteroatoms. The number of benzene rings is 1. The molecule has 0 saturated carbocycles. The summed E-state index contributed by atoms with van der Waals surface area (Å²) in [6.07, 6.45) is 1.72. The molecule has 17 heavy (non-hydrogen) atoms. The van der Waals surface area contributed by atoms with Gasteiger partial charge in [0, 0.05) is 17.1 Å². The molecule has 2 rings (SSSR count). The van der Waals surface area contributed by atoms with E-state index < -0.39 is 5.41 Å². The Morgan fingerprint density at radius 2 is 2.12 bits per heavy atom. The number of aromatic amines is 1. The van der Waals surface area contributed by atoms with E-state index in [9.17, 15) is 9.18 Å². The first kappa shape index (κ1) is 11.6. The first-order valence-electron chi connectivity index (χ1n) is 5.32. The topological polar surface area (TPSA) is 42.1 Å². The normalized spacial score (nSPS) is 11.8. The van der Waals surface area contributed by atoms with Crippen LogP contribution in [-0.4, -0.2) is 18.1 Å². The van der Waals surface area contributed by atoms with E-state index in [1.165, 1.54) is 19.2 Å². The predicted octanol–water partition coefficient (Wildman–Crippen LogP) is 2.76. The van der Waals surface area contributed by atoms with Crippen molar-refractivity contribution >= 4 is 16.9 Å². The number of nitrogens with one attached hydrogen (secondary N) is 1. The molecular weight excluding hydrogens is 221 g/mol. The van der Waals surface area contributed by atoms with E-state index in [0.717, 1.165) is 11.1 Å². The van der Waals surface area contributed by atoms with E-state index in [1.54, 1.807) is 26.1 Å². The molecule has 3 nitrogen and oxygen atoms in total. The van der Waals surface area contributed by atoms with Crippen LogP contribution < -0.4 is 0 Å². The molecule has 1 aromatic carbocycles. The number of fused-ring (bicyclic) bond motifs is 1. The number of halogens is 1. The van der Waals surface area contributed by atoms with E-state index in [1.807, 2.05) is 0 Å². The van der Waals surface area contributed by atoms with Crippen LogP contribution in [0.2, 0.25) is 0 Å². The Hall–Kier alpha value is -1.84. The van der Waals surface area contributed by atoms with Crippen molar-refractivity contribution in [3.05, 3.63) is 35.8 Å². The predicted molar refractivity (Wildman–Crippen MR) is 63.3 cm³/mol. The van der Waals surface area contributed by atoms with E-state index in [0.29, 0.717) is 5.39 Å². The number of ether oxygens (including phenoxy) is 1. The lowest BCUT2D eigenvalue weighted by atomic mass is 9.84. The summed E-state index contributed by atoms with van der Waals surface area (Å²) in [5.41, 5.74) is 0.734. The maximum absolute atomic E-state index is 13.2. The molecule has 0 aliphatic heterocycles. The minimum absolute atomic E-state index is 0.320. The highest BCUT2D eigenvalue weighted by atomic mass is 19.1. The number of hydrogen-bond acceptors (Lipinski definition) is 2. The number of aromatic nitrogens is 1. The number of rotatable bonds is 2. The summed E-state index contributed by atoms with van der Waals surface area (Å²) in [7, 11) is 1.35. The lowest BCUT2D eigenvalue weighted by Gasteiger charge is -2.20. The molecule has 0 radical (unpaired) electrons. The van der Waals surface area contributed by atoms with Gasteiger partial charge >= 0.3 is 5.97 Å². The average molecular weight is 235 g/mol. The van der Waals surface area contributed by atoms with Crippen molar-refractivity contribution in [2.24, 2.45) is 0 Å². The molecule has 0 bridgehead atoms. The summed E-state index contributed by atoms with van der Waals surface area (Å²) in [6.45, 7) is 3.51. The average Bonchev–Trinajstić information content (AvgIpc) is 2.71. The van der Waals surface area contributed by atoms with Crippen LogP contribution in [0.25, 0.3) is 10.9 Å². The molecule has 0 unspecified atom stereocenters. The lowest BCUT2D eigenvalue weighted by molar-refractivity contribution is -0.146. The zero-order valence-corrected chi connectivity index (χ0v) is 10.0. The highest BCUT2D eigenvalue weighted by Crippen LogP contribution is 2.31. The highest BCUT2D eigenvalue weighted by Gasteiger charge is 2.33. The van der Waals surface area contributed by atoms with E-state index >= 15 is 0 Å². The summed E-state index contributed by atoms with van der Waals surface area (Å²) in [6, 6.07) is 4.46. The monoisotopic (exact) mass is 235 g/mol. The number of methoxy groups -OCH3 is 1. The van der Waals surface area contributed by atoms with Gasteiger partial charge in [-0.15, -0.1) is 0 Å². The van der Waals surface area contributed by atoms with Crippen LogP contribution in [0.5, 0.6) is 0 Å². The van der Waals surface area contributed by atoms with Crippen LogP contribution in [0.1, 0.15) is 19.4 Å². The fourth-order valence-electron chi connectivity index (χ4n) is 1.98. The number of H-pyrrole nitrogens is 1. The third-order valence-electron chi connectivity index (χ3n) is 3.01. The van der Waals surface area contributed by atoms with Gasteiger partial charge in [-0.25, -0.2) is 4.39 Å². The maximum Gasteiger partial charge on any atom is 0.315 e. The second kappa shape index (κ2) is 3.87. The second-order valence-electron chi connectivity index (χ2n) is 4.51. The van der Waals surface area contributed by atoms with Gasteiger partial charge in [-0.1, -0.05) is 0 Å². The van der Waals surface area contributed by atoms with Crippen molar-refractivity contribution in [2.75, 3.05) is 7.11 Å². The molecular formula is C13H14FNO2. The Morgan fingerprint density at radius 1 is 1.41 bits per heavy atom. The third kappa shape index (κ3) is 1.79. The van der Waals surface area contributed by atoms with Gasteiger partial charge < -0.3 is 9.72 Å². The molecule has 1 N–H and O–H groups in total. The van der Waals surface area contributed by atoms with Crippen LogP contribution in [0.4, 0.5) is 4.39 Å². The van der Waals surface area contributed by atoms with Crippen molar-refractivity contribution in [3.8, 4) is 0 Å². The summed E-state index contributed by atoms with van der Waals surface area (Å²) in [5.74, 6) is -0.665. The largest absolute Gasteiger partial charge is 0.468 e. The van der Waals surface area contributed by atoms with Crippen LogP contribution in [0, 0.1) is 5.82 Å². The number of carbonyl (C=O) groups is 1. The van der Waals surface area contributed by atoms with Crippen LogP contribution in [-0.2, 0) is 14.9 Å². The molecule has 0 amide bonds. The first-order valence-corrected chi connectivity index (χ1v) is 5.32. The van der Waals surface area contributed by atoms with Gasteiger partial charge in [0.05, 0.1) is 12.5 Å². The zero-order chi connectivity index (χ0) is 12.6. The summed E-state index contributed by atoms with van der Waals surface area (Å²) in [5, 5.41) is 0.709. The molecule has 0 spiro atoms. The Labute approximate surface area is 98.6 Å². The second-order valence-corrected chi connectivity index (χ2v) is 4.51. The maximum atomic E-state index is 13.2. The van der Waals surface area contributed by atoms with Crippen molar-refractivity contribution in [2.45, 2.75) is 19.3 Å². The first-order chi connectivity index (χ1) is 7.96. The number of esters is 1. The van der Waals surface area contributed by atoms with Crippen molar-refractivity contribution in [1.82, 2.24) is 4.98 Å². The minimum Gasteiger partial charge on any atom is -0.468 e. The van der Waals surface area contributed by atoms with Gasteiger partial charge in [-0.2, -0.15) is 0 Å². The SMILES string of the molecule is COC(=O)C(C)(C)c1c[nH]c2ccc(F)cc12. The van der Waals surface area contributed by atoms with Gasteiger partial charge in [0.15, 0.2) is 0 Å². The minimum atomic E-state index is -0.805. The highest BCUT2D eigenvalue weighted by molar-refractivity contribution is 5.92. The van der Waals surface area contributed by atoms with E-state index in [-0.39, 0.29) is 11.8 Å². The van der Waals surface area contributed by atoms with Crippen molar-refractivity contribution in [1.29, 1.82) is 0 Å². The van der Waals surface area contributed by atoms with Crippen molar-refractivity contribution in [3.63, 3.8) is 0 Å². The molecule has 0 aliphatic rings. The molecule has 0 fully saturated rings. The quantitative estimate of drug-likeness (QED) is 0.813. The molecule has 2 aromatic rings. The fourth-order valence-corrected chi connectivity index (χ4v) is 1.98. The van der Waals surface area contributed by atoms with Gasteiger partial charge in [0.25, 0.3) is 0 Å². The smallest absolute Gasteiger partial charge is 0.315 e. The third-order valence-corrected chi connectivity index (χ3v) is 3.01. The van der Waals surface area contributed by atoms with Gasteiger partial charge in [-0.05, 0) is 37.6 Å². The lowest BCUT2D eigenvalue weighted by Crippen LogP contribution is -2.29. The molecule has 1 aromatic heterocycles. The number of carbonyl (C=O) groups excluding carboxylic acids is 1. The Morgan fingerprint density at radius 3 is 2.76 bits per heavy atom. The molecule has 0 saturated heterocycles. The molecule has 0 atom stereocenters. The summed E-state index contributed by atoms with van der Waals surface area (Å²) < 4.78 is 18.0. The Balaban J connectivity index is 2.63.